The van der Waals surface area contributed by atoms with E-state index in [1.807, 2.05) is 24.3 Å². The van der Waals surface area contributed by atoms with Gasteiger partial charge in [0.2, 0.25) is 0 Å². The maximum Gasteiger partial charge on any atom is 0.149 e. The van der Waals surface area contributed by atoms with E-state index in [0.29, 0.717) is 11.5 Å². The molecule has 0 spiro atoms. The molecular formula is C12H11NO3. The number of nitrogens with zero attached hydrogens (tertiary/aromatic N) is 1. The molecule has 0 bridgehead atoms. The molecule has 0 saturated carbocycles. The van der Waals surface area contributed by atoms with Crippen molar-refractivity contribution in [2.75, 3.05) is 0 Å². The molecule has 16 heavy (non-hydrogen) atoms. The van der Waals surface area contributed by atoms with Crippen LogP contribution in [0.15, 0.2) is 46.0 Å². The standard InChI is InChI=1S/C12H11NO3/c14-8-9-1-3-10(4-2-9)12-6-5-11(16-12)7-13-15/h1-7,14-15H,8H2. The van der Waals surface area contributed by atoms with E-state index in [1.165, 1.54) is 6.21 Å². The van der Waals surface area contributed by atoms with Crippen molar-refractivity contribution >= 4 is 6.21 Å². The van der Waals surface area contributed by atoms with Crippen LogP contribution in [0.5, 0.6) is 0 Å². The van der Waals surface area contributed by atoms with Crippen LogP contribution in [-0.2, 0) is 6.61 Å². The largest absolute Gasteiger partial charge is 0.455 e. The third-order valence-corrected chi connectivity index (χ3v) is 2.23. The van der Waals surface area contributed by atoms with Crippen LogP contribution in [0.3, 0.4) is 0 Å². The number of oxime groups is 1. The van der Waals surface area contributed by atoms with Crippen LogP contribution >= 0.6 is 0 Å². The van der Waals surface area contributed by atoms with E-state index in [1.54, 1.807) is 12.1 Å². The third kappa shape index (κ3) is 2.12. The van der Waals surface area contributed by atoms with Crippen LogP contribution in [0, 0.1) is 0 Å². The summed E-state index contributed by atoms with van der Waals surface area (Å²) in [5.41, 5.74) is 1.77. The molecule has 1 aromatic carbocycles. The second-order valence-electron chi connectivity index (χ2n) is 3.30. The number of aliphatic hydroxyl groups is 1. The first kappa shape index (κ1) is 10.4. The molecule has 2 aromatic rings. The SMILES string of the molecule is OCc1ccc(-c2ccc(C=NO)o2)cc1. The molecule has 0 aliphatic carbocycles. The second-order valence-corrected chi connectivity index (χ2v) is 3.30. The van der Waals surface area contributed by atoms with E-state index < -0.39 is 0 Å². The summed E-state index contributed by atoms with van der Waals surface area (Å²) < 4.78 is 5.41. The van der Waals surface area contributed by atoms with Gasteiger partial charge < -0.3 is 14.7 Å². The molecule has 0 amide bonds. The number of hydrogen-bond acceptors (Lipinski definition) is 4. The van der Waals surface area contributed by atoms with Crippen molar-refractivity contribution < 1.29 is 14.7 Å². The van der Waals surface area contributed by atoms with Crippen LogP contribution in [0.1, 0.15) is 11.3 Å². The second kappa shape index (κ2) is 4.63. The average Bonchev–Trinajstić information content (AvgIpc) is 2.78. The van der Waals surface area contributed by atoms with Crippen molar-refractivity contribution in [1.82, 2.24) is 0 Å². The molecule has 1 heterocycles. The van der Waals surface area contributed by atoms with Gasteiger partial charge in [0.25, 0.3) is 0 Å². The van der Waals surface area contributed by atoms with Crippen molar-refractivity contribution in [3.8, 4) is 11.3 Å². The fraction of sp³-hybridized carbons (Fsp3) is 0.0833. The molecule has 0 aliphatic heterocycles. The summed E-state index contributed by atoms with van der Waals surface area (Å²) in [6.45, 7) is 0.0286. The van der Waals surface area contributed by atoms with E-state index in [-0.39, 0.29) is 6.61 Å². The van der Waals surface area contributed by atoms with Gasteiger partial charge >= 0.3 is 0 Å². The molecule has 2 N–H and O–H groups in total. The molecule has 0 unspecified atom stereocenters. The summed E-state index contributed by atoms with van der Waals surface area (Å²) in [5, 5.41) is 20.1. The number of hydrogen-bond donors (Lipinski definition) is 2. The Balaban J connectivity index is 2.27. The van der Waals surface area contributed by atoms with E-state index >= 15 is 0 Å². The first-order valence-electron chi connectivity index (χ1n) is 4.81. The molecule has 1 aromatic heterocycles. The van der Waals surface area contributed by atoms with Gasteiger partial charge in [0.15, 0.2) is 0 Å². The highest BCUT2D eigenvalue weighted by Gasteiger charge is 2.03. The lowest BCUT2D eigenvalue weighted by Crippen LogP contribution is -1.82. The van der Waals surface area contributed by atoms with E-state index in [0.717, 1.165) is 11.1 Å². The Morgan fingerprint density at radius 2 is 1.88 bits per heavy atom. The lowest BCUT2D eigenvalue weighted by atomic mass is 10.1. The quantitative estimate of drug-likeness (QED) is 0.470. The van der Waals surface area contributed by atoms with E-state index in [4.69, 9.17) is 14.7 Å². The maximum absolute atomic E-state index is 8.90. The lowest BCUT2D eigenvalue weighted by molar-refractivity contribution is 0.282. The van der Waals surface area contributed by atoms with Crippen LogP contribution in [0.2, 0.25) is 0 Å². The number of rotatable bonds is 3. The van der Waals surface area contributed by atoms with E-state index in [2.05, 4.69) is 5.16 Å². The zero-order valence-electron chi connectivity index (χ0n) is 8.50. The minimum atomic E-state index is 0.0286. The number of furan rings is 1. The molecule has 0 fully saturated rings. The monoisotopic (exact) mass is 217 g/mol. The van der Waals surface area contributed by atoms with Crippen molar-refractivity contribution in [2.45, 2.75) is 6.61 Å². The minimum Gasteiger partial charge on any atom is -0.455 e. The Bertz CT molecular complexity index is 485. The minimum absolute atomic E-state index is 0.0286. The van der Waals surface area contributed by atoms with Gasteiger partial charge in [-0.2, -0.15) is 0 Å². The number of aliphatic hydroxyl groups excluding tert-OH is 1. The predicted molar refractivity (Wildman–Crippen MR) is 59.4 cm³/mol. The molecule has 0 radical (unpaired) electrons. The summed E-state index contributed by atoms with van der Waals surface area (Å²) >= 11 is 0. The fourth-order valence-electron chi connectivity index (χ4n) is 1.41. The van der Waals surface area contributed by atoms with Gasteiger partial charge in [-0.25, -0.2) is 0 Å². The Morgan fingerprint density at radius 3 is 2.50 bits per heavy atom. The average molecular weight is 217 g/mol. The van der Waals surface area contributed by atoms with Gasteiger partial charge in [-0.15, -0.1) is 0 Å². The summed E-state index contributed by atoms with van der Waals surface area (Å²) in [4.78, 5) is 0. The summed E-state index contributed by atoms with van der Waals surface area (Å²) in [6, 6.07) is 10.9. The first-order valence-corrected chi connectivity index (χ1v) is 4.81. The highest BCUT2D eigenvalue weighted by Crippen LogP contribution is 2.21. The first-order chi connectivity index (χ1) is 7.83. The normalized spacial score (nSPS) is 11.1. The van der Waals surface area contributed by atoms with Crippen LogP contribution in [0.4, 0.5) is 0 Å². The van der Waals surface area contributed by atoms with Gasteiger partial charge in [0.1, 0.15) is 17.7 Å². The van der Waals surface area contributed by atoms with Crippen molar-refractivity contribution in [2.24, 2.45) is 5.16 Å². The molecule has 0 saturated heterocycles. The van der Waals surface area contributed by atoms with Crippen molar-refractivity contribution in [3.05, 3.63) is 47.7 Å². The molecule has 4 nitrogen and oxygen atoms in total. The molecule has 82 valence electrons. The molecule has 4 heteroatoms. The fourth-order valence-corrected chi connectivity index (χ4v) is 1.41. The summed E-state index contributed by atoms with van der Waals surface area (Å²) in [7, 11) is 0. The van der Waals surface area contributed by atoms with Gasteiger partial charge in [-0.05, 0) is 17.7 Å². The summed E-state index contributed by atoms with van der Waals surface area (Å²) in [5.74, 6) is 1.18. The van der Waals surface area contributed by atoms with Gasteiger partial charge in [0, 0.05) is 5.56 Å². The molecular weight excluding hydrogens is 206 g/mol. The van der Waals surface area contributed by atoms with Crippen LogP contribution in [-0.4, -0.2) is 16.5 Å². The Hall–Kier alpha value is -2.07. The third-order valence-electron chi connectivity index (χ3n) is 2.23. The number of benzene rings is 1. The molecule has 0 atom stereocenters. The zero-order chi connectivity index (χ0) is 11.4. The van der Waals surface area contributed by atoms with Crippen LogP contribution in [0.25, 0.3) is 11.3 Å². The lowest BCUT2D eigenvalue weighted by Gasteiger charge is -1.98. The van der Waals surface area contributed by atoms with Crippen LogP contribution < -0.4 is 0 Å². The van der Waals surface area contributed by atoms with Gasteiger partial charge in [-0.1, -0.05) is 29.4 Å². The predicted octanol–water partition coefficient (Wildman–Crippen LogP) is 2.25. The van der Waals surface area contributed by atoms with Gasteiger partial charge in [0.05, 0.1) is 6.61 Å². The Labute approximate surface area is 92.5 Å². The maximum atomic E-state index is 8.90. The molecule has 0 aliphatic rings. The molecule has 2 rings (SSSR count). The smallest absolute Gasteiger partial charge is 0.149 e. The Morgan fingerprint density at radius 1 is 1.12 bits per heavy atom. The summed E-state index contributed by atoms with van der Waals surface area (Å²) in [6.07, 6.45) is 1.23. The van der Waals surface area contributed by atoms with Crippen molar-refractivity contribution in [1.29, 1.82) is 0 Å². The zero-order valence-corrected chi connectivity index (χ0v) is 8.50. The van der Waals surface area contributed by atoms with Crippen molar-refractivity contribution in [3.63, 3.8) is 0 Å². The highest BCUT2D eigenvalue weighted by atomic mass is 16.4. The van der Waals surface area contributed by atoms with Gasteiger partial charge in [-0.3, -0.25) is 0 Å². The highest BCUT2D eigenvalue weighted by molar-refractivity contribution is 5.76. The Kier molecular flexibility index (Phi) is 3.03. The topological polar surface area (TPSA) is 66.0 Å². The van der Waals surface area contributed by atoms with E-state index in [9.17, 15) is 0 Å².